The molecule has 1 fully saturated rings. The third kappa shape index (κ3) is 2.41. The molecule has 0 saturated heterocycles. The summed E-state index contributed by atoms with van der Waals surface area (Å²) in [4.78, 5) is 22.3. The molecular formula is C9H15NO3S. The Balaban J connectivity index is 2.59. The van der Waals surface area contributed by atoms with Crippen LogP contribution in [0.3, 0.4) is 0 Å². The van der Waals surface area contributed by atoms with E-state index in [4.69, 9.17) is 5.11 Å². The first-order valence-electron chi connectivity index (χ1n) is 4.54. The van der Waals surface area contributed by atoms with Gasteiger partial charge in [-0.15, -0.1) is 0 Å². The van der Waals surface area contributed by atoms with Crippen molar-refractivity contribution in [2.75, 3.05) is 12.0 Å². The van der Waals surface area contributed by atoms with Crippen molar-refractivity contribution in [1.29, 1.82) is 0 Å². The average molecular weight is 217 g/mol. The maximum absolute atomic E-state index is 11.3. The van der Waals surface area contributed by atoms with Gasteiger partial charge in [-0.3, -0.25) is 4.79 Å². The molecule has 1 atom stereocenters. The number of nitrogens with one attached hydrogen (secondary N) is 1. The lowest BCUT2D eigenvalue weighted by molar-refractivity contribution is -0.147. The van der Waals surface area contributed by atoms with Gasteiger partial charge in [0.05, 0.1) is 5.75 Å². The molecule has 0 spiro atoms. The van der Waals surface area contributed by atoms with Crippen LogP contribution in [0.25, 0.3) is 0 Å². The highest BCUT2D eigenvalue weighted by Gasteiger charge is 2.48. The van der Waals surface area contributed by atoms with E-state index in [-0.39, 0.29) is 11.8 Å². The molecule has 80 valence electrons. The lowest BCUT2D eigenvalue weighted by Crippen LogP contribution is -2.54. The highest BCUT2D eigenvalue weighted by Crippen LogP contribution is 2.39. The Morgan fingerprint density at radius 3 is 2.50 bits per heavy atom. The van der Waals surface area contributed by atoms with Crippen LogP contribution in [0.15, 0.2) is 0 Å². The van der Waals surface area contributed by atoms with Crippen molar-refractivity contribution in [3.8, 4) is 0 Å². The quantitative estimate of drug-likeness (QED) is 0.712. The zero-order chi connectivity index (χ0) is 10.8. The monoisotopic (exact) mass is 217 g/mol. The van der Waals surface area contributed by atoms with Crippen LogP contribution in [0.4, 0.5) is 0 Å². The molecule has 0 aromatic rings. The SMILES string of the molecule is CSCC(=O)NC(C)(C(=O)O)C1CC1. The molecule has 2 N–H and O–H groups in total. The third-order valence-corrected chi connectivity index (χ3v) is 3.06. The molecule has 0 aromatic carbocycles. The molecule has 4 nitrogen and oxygen atoms in total. The van der Waals surface area contributed by atoms with Crippen LogP contribution in [0.2, 0.25) is 0 Å². The van der Waals surface area contributed by atoms with Crippen LogP contribution < -0.4 is 5.32 Å². The first-order valence-corrected chi connectivity index (χ1v) is 5.93. The Bertz CT molecular complexity index is 252. The zero-order valence-corrected chi connectivity index (χ0v) is 9.19. The van der Waals surface area contributed by atoms with Gasteiger partial charge in [-0.25, -0.2) is 4.79 Å². The van der Waals surface area contributed by atoms with Crippen LogP contribution in [0.5, 0.6) is 0 Å². The fourth-order valence-corrected chi connectivity index (χ4v) is 1.78. The molecule has 0 aromatic heterocycles. The maximum Gasteiger partial charge on any atom is 0.329 e. The van der Waals surface area contributed by atoms with E-state index in [0.29, 0.717) is 5.75 Å². The molecule has 0 radical (unpaired) electrons. The van der Waals surface area contributed by atoms with E-state index in [0.717, 1.165) is 12.8 Å². The van der Waals surface area contributed by atoms with Gasteiger partial charge in [0.25, 0.3) is 0 Å². The topological polar surface area (TPSA) is 66.4 Å². The molecule has 1 unspecified atom stereocenters. The number of carbonyl (C=O) groups is 2. The van der Waals surface area contributed by atoms with E-state index in [2.05, 4.69) is 5.32 Å². The van der Waals surface area contributed by atoms with Crippen molar-refractivity contribution in [2.45, 2.75) is 25.3 Å². The number of rotatable bonds is 5. The third-order valence-electron chi connectivity index (χ3n) is 2.51. The Morgan fingerprint density at radius 2 is 2.14 bits per heavy atom. The summed E-state index contributed by atoms with van der Waals surface area (Å²) >= 11 is 1.39. The van der Waals surface area contributed by atoms with Gasteiger partial charge in [0, 0.05) is 0 Å². The molecule has 0 bridgehead atoms. The summed E-state index contributed by atoms with van der Waals surface area (Å²) in [6, 6.07) is 0. The van der Waals surface area contributed by atoms with Gasteiger partial charge in [0.1, 0.15) is 5.54 Å². The number of amides is 1. The van der Waals surface area contributed by atoms with E-state index < -0.39 is 11.5 Å². The van der Waals surface area contributed by atoms with Crippen molar-refractivity contribution in [1.82, 2.24) is 5.32 Å². The van der Waals surface area contributed by atoms with Gasteiger partial charge in [0.2, 0.25) is 5.91 Å². The van der Waals surface area contributed by atoms with Crippen LogP contribution >= 0.6 is 11.8 Å². The average Bonchev–Trinajstić information content (AvgIpc) is 2.85. The molecule has 0 heterocycles. The highest BCUT2D eigenvalue weighted by molar-refractivity contribution is 7.99. The summed E-state index contributed by atoms with van der Waals surface area (Å²) in [7, 11) is 0. The van der Waals surface area contributed by atoms with Crippen LogP contribution in [0, 0.1) is 5.92 Å². The zero-order valence-electron chi connectivity index (χ0n) is 8.37. The predicted molar refractivity (Wildman–Crippen MR) is 55.3 cm³/mol. The van der Waals surface area contributed by atoms with Gasteiger partial charge in [-0.05, 0) is 31.9 Å². The van der Waals surface area contributed by atoms with Gasteiger partial charge < -0.3 is 10.4 Å². The number of carboxylic acid groups (broad SMARTS) is 1. The van der Waals surface area contributed by atoms with E-state index in [1.165, 1.54) is 11.8 Å². The van der Waals surface area contributed by atoms with Crippen molar-refractivity contribution in [3.05, 3.63) is 0 Å². The summed E-state index contributed by atoms with van der Waals surface area (Å²) in [5.41, 5.74) is -1.06. The second-order valence-corrected chi connectivity index (χ2v) is 4.63. The van der Waals surface area contributed by atoms with Crippen molar-refractivity contribution < 1.29 is 14.7 Å². The lowest BCUT2D eigenvalue weighted by Gasteiger charge is -2.25. The largest absolute Gasteiger partial charge is 0.480 e. The van der Waals surface area contributed by atoms with Crippen molar-refractivity contribution in [3.63, 3.8) is 0 Å². The number of thioether (sulfide) groups is 1. The maximum atomic E-state index is 11.3. The molecule has 5 heteroatoms. The van der Waals surface area contributed by atoms with E-state index in [1.807, 2.05) is 6.26 Å². The van der Waals surface area contributed by atoms with E-state index in [1.54, 1.807) is 6.92 Å². The number of carboxylic acids is 1. The van der Waals surface area contributed by atoms with Gasteiger partial charge in [-0.1, -0.05) is 0 Å². The van der Waals surface area contributed by atoms with Crippen LogP contribution in [-0.2, 0) is 9.59 Å². The molecule has 1 rings (SSSR count). The van der Waals surface area contributed by atoms with Crippen molar-refractivity contribution >= 4 is 23.6 Å². The summed E-state index contributed by atoms with van der Waals surface area (Å²) in [5.74, 6) is -0.718. The van der Waals surface area contributed by atoms with Gasteiger partial charge >= 0.3 is 5.97 Å². The Hall–Kier alpha value is -0.710. The molecule has 1 aliphatic carbocycles. The standard InChI is InChI=1S/C9H15NO3S/c1-9(8(12)13,6-3-4-6)10-7(11)5-14-2/h6H,3-5H2,1-2H3,(H,10,11)(H,12,13). The smallest absolute Gasteiger partial charge is 0.329 e. The Kier molecular flexibility index (Phi) is 3.42. The Morgan fingerprint density at radius 1 is 1.57 bits per heavy atom. The first kappa shape index (κ1) is 11.4. The minimum Gasteiger partial charge on any atom is -0.480 e. The minimum absolute atomic E-state index is 0.103. The normalized spacial score (nSPS) is 19.9. The van der Waals surface area contributed by atoms with Gasteiger partial charge in [0.15, 0.2) is 0 Å². The number of hydrogen-bond acceptors (Lipinski definition) is 3. The fraction of sp³-hybridized carbons (Fsp3) is 0.778. The number of aliphatic carboxylic acids is 1. The summed E-state index contributed by atoms with van der Waals surface area (Å²) in [5, 5.41) is 11.6. The van der Waals surface area contributed by atoms with Gasteiger partial charge in [-0.2, -0.15) is 11.8 Å². The van der Waals surface area contributed by atoms with E-state index in [9.17, 15) is 9.59 Å². The van der Waals surface area contributed by atoms with Crippen molar-refractivity contribution in [2.24, 2.45) is 5.92 Å². The Labute approximate surface area is 87.4 Å². The molecule has 1 amide bonds. The summed E-state index contributed by atoms with van der Waals surface area (Å²) in [6.07, 6.45) is 3.60. The fourth-order valence-electron chi connectivity index (χ4n) is 1.45. The second kappa shape index (κ2) is 4.21. The van der Waals surface area contributed by atoms with Crippen LogP contribution in [0.1, 0.15) is 19.8 Å². The first-order chi connectivity index (χ1) is 6.50. The predicted octanol–water partition coefficient (Wildman–Crippen LogP) is 0.719. The number of hydrogen-bond donors (Lipinski definition) is 2. The molecule has 1 saturated carbocycles. The molecular weight excluding hydrogens is 202 g/mol. The molecule has 14 heavy (non-hydrogen) atoms. The molecule has 0 aliphatic heterocycles. The van der Waals surface area contributed by atoms with Crippen LogP contribution in [-0.4, -0.2) is 34.5 Å². The summed E-state index contributed by atoms with van der Waals surface area (Å²) in [6.45, 7) is 1.59. The number of carbonyl (C=O) groups excluding carboxylic acids is 1. The molecule has 1 aliphatic rings. The highest BCUT2D eigenvalue weighted by atomic mass is 32.2. The minimum atomic E-state index is -1.06. The second-order valence-electron chi connectivity index (χ2n) is 3.76. The summed E-state index contributed by atoms with van der Waals surface area (Å²) < 4.78 is 0. The lowest BCUT2D eigenvalue weighted by atomic mass is 9.96. The van der Waals surface area contributed by atoms with E-state index >= 15 is 0 Å².